The molecule has 0 aliphatic carbocycles. The molecule has 18 heavy (non-hydrogen) atoms. The molecule has 0 bridgehead atoms. The molecule has 2 N–H and O–H groups in total. The Kier molecular flexibility index (Phi) is 5.85. The predicted molar refractivity (Wildman–Crippen MR) is 75.1 cm³/mol. The fourth-order valence-electron chi connectivity index (χ4n) is 1.62. The number of anilines is 2. The van der Waals surface area contributed by atoms with Crippen LogP contribution in [0.15, 0.2) is 6.07 Å². The number of rotatable bonds is 7. The van der Waals surface area contributed by atoms with Gasteiger partial charge in [0, 0.05) is 26.1 Å². The van der Waals surface area contributed by atoms with Crippen molar-refractivity contribution in [2.24, 2.45) is 0 Å². The molecule has 5 nitrogen and oxygen atoms in total. The third-order valence-electron chi connectivity index (χ3n) is 2.88. The molecule has 1 atom stereocenters. The summed E-state index contributed by atoms with van der Waals surface area (Å²) in [6.45, 7) is 7.07. The van der Waals surface area contributed by atoms with Crippen molar-refractivity contribution in [1.82, 2.24) is 9.97 Å². The van der Waals surface area contributed by atoms with E-state index < -0.39 is 0 Å². The van der Waals surface area contributed by atoms with Gasteiger partial charge in [0.25, 0.3) is 0 Å². The molecule has 0 saturated carbocycles. The van der Waals surface area contributed by atoms with Gasteiger partial charge in [-0.05, 0) is 20.3 Å². The standard InChI is InChI=1S/C13H24N4O/c1-5-7-11-15-12(14-6-2)8-13(16-11)17(4)10(3)9-18/h8,10,18H,5-7,9H2,1-4H3,(H,14,15,16). The average Bonchev–Trinajstić information content (AvgIpc) is 2.37. The van der Waals surface area contributed by atoms with Crippen molar-refractivity contribution in [2.45, 2.75) is 39.7 Å². The summed E-state index contributed by atoms with van der Waals surface area (Å²) >= 11 is 0. The van der Waals surface area contributed by atoms with Gasteiger partial charge in [-0.2, -0.15) is 0 Å². The molecule has 0 aromatic carbocycles. The minimum atomic E-state index is 0.0452. The van der Waals surface area contributed by atoms with Crippen molar-refractivity contribution in [3.63, 3.8) is 0 Å². The number of nitrogens with one attached hydrogen (secondary N) is 1. The number of aryl methyl sites for hydroxylation is 1. The number of nitrogens with zero attached hydrogens (tertiary/aromatic N) is 3. The monoisotopic (exact) mass is 252 g/mol. The quantitative estimate of drug-likeness (QED) is 0.773. The first-order valence-electron chi connectivity index (χ1n) is 6.57. The van der Waals surface area contributed by atoms with Crippen molar-refractivity contribution >= 4 is 11.6 Å². The average molecular weight is 252 g/mol. The lowest BCUT2D eigenvalue weighted by Crippen LogP contribution is -2.32. The molecule has 5 heteroatoms. The first kappa shape index (κ1) is 14.7. The number of aliphatic hydroxyl groups excluding tert-OH is 1. The van der Waals surface area contributed by atoms with Crippen LogP contribution in [0.5, 0.6) is 0 Å². The summed E-state index contributed by atoms with van der Waals surface area (Å²) in [7, 11) is 1.94. The third kappa shape index (κ3) is 3.84. The molecule has 0 amide bonds. The summed E-state index contributed by atoms with van der Waals surface area (Å²) in [6.07, 6.45) is 1.89. The summed E-state index contributed by atoms with van der Waals surface area (Å²) in [6, 6.07) is 1.97. The molecular formula is C13H24N4O. The lowest BCUT2D eigenvalue weighted by molar-refractivity contribution is 0.269. The summed E-state index contributed by atoms with van der Waals surface area (Å²) in [5.41, 5.74) is 0. The molecule has 1 aromatic rings. The van der Waals surface area contributed by atoms with E-state index in [1.165, 1.54) is 0 Å². The van der Waals surface area contributed by atoms with E-state index in [-0.39, 0.29) is 12.6 Å². The van der Waals surface area contributed by atoms with Crippen LogP contribution in [0.25, 0.3) is 0 Å². The molecule has 1 rings (SSSR count). The van der Waals surface area contributed by atoms with Crippen molar-refractivity contribution < 1.29 is 5.11 Å². The van der Waals surface area contributed by atoms with E-state index in [9.17, 15) is 5.11 Å². The van der Waals surface area contributed by atoms with Gasteiger partial charge in [-0.3, -0.25) is 0 Å². The van der Waals surface area contributed by atoms with Crippen molar-refractivity contribution in [1.29, 1.82) is 0 Å². The fraction of sp³-hybridized carbons (Fsp3) is 0.692. The summed E-state index contributed by atoms with van der Waals surface area (Å²) in [4.78, 5) is 11.0. The van der Waals surface area contributed by atoms with Crippen LogP contribution in [-0.2, 0) is 6.42 Å². The highest BCUT2D eigenvalue weighted by Crippen LogP contribution is 2.17. The van der Waals surface area contributed by atoms with Gasteiger partial charge in [-0.1, -0.05) is 6.92 Å². The maximum Gasteiger partial charge on any atom is 0.134 e. The fourth-order valence-corrected chi connectivity index (χ4v) is 1.62. The molecule has 1 unspecified atom stereocenters. The minimum Gasteiger partial charge on any atom is -0.394 e. The second-order valence-corrected chi connectivity index (χ2v) is 4.45. The van der Waals surface area contributed by atoms with E-state index in [0.29, 0.717) is 0 Å². The van der Waals surface area contributed by atoms with Crippen LogP contribution in [0, 0.1) is 0 Å². The van der Waals surface area contributed by atoms with Gasteiger partial charge >= 0.3 is 0 Å². The predicted octanol–water partition coefficient (Wildman–Crippen LogP) is 1.68. The summed E-state index contributed by atoms with van der Waals surface area (Å²) in [5, 5.41) is 12.4. The Morgan fingerprint density at radius 3 is 2.67 bits per heavy atom. The Morgan fingerprint density at radius 1 is 1.39 bits per heavy atom. The molecule has 102 valence electrons. The number of hydrogen-bond donors (Lipinski definition) is 2. The number of likely N-dealkylation sites (N-methyl/N-ethyl adjacent to an activating group) is 1. The zero-order valence-corrected chi connectivity index (χ0v) is 11.8. The Labute approximate surface area is 109 Å². The molecule has 1 heterocycles. The Balaban J connectivity index is 3.01. The van der Waals surface area contributed by atoms with Crippen LogP contribution in [0.4, 0.5) is 11.6 Å². The van der Waals surface area contributed by atoms with Gasteiger partial charge in [0.05, 0.1) is 12.6 Å². The molecular weight excluding hydrogens is 228 g/mol. The SMILES string of the molecule is CCCc1nc(NCC)cc(N(C)C(C)CO)n1. The molecule has 0 saturated heterocycles. The van der Waals surface area contributed by atoms with Crippen molar-refractivity contribution in [3.8, 4) is 0 Å². The highest BCUT2D eigenvalue weighted by molar-refractivity contribution is 5.49. The summed E-state index contributed by atoms with van der Waals surface area (Å²) in [5.74, 6) is 2.55. The first-order valence-corrected chi connectivity index (χ1v) is 6.57. The van der Waals surface area contributed by atoms with Crippen molar-refractivity contribution in [2.75, 3.05) is 30.4 Å². The second-order valence-electron chi connectivity index (χ2n) is 4.45. The normalized spacial score (nSPS) is 12.3. The van der Waals surface area contributed by atoms with Crippen LogP contribution in [0.3, 0.4) is 0 Å². The second kappa shape index (κ2) is 7.16. The highest BCUT2D eigenvalue weighted by Gasteiger charge is 2.12. The first-order chi connectivity index (χ1) is 8.62. The van der Waals surface area contributed by atoms with Gasteiger partial charge in [-0.15, -0.1) is 0 Å². The number of hydrogen-bond acceptors (Lipinski definition) is 5. The lowest BCUT2D eigenvalue weighted by Gasteiger charge is -2.25. The largest absolute Gasteiger partial charge is 0.394 e. The zero-order chi connectivity index (χ0) is 13.5. The molecule has 1 aromatic heterocycles. The summed E-state index contributed by atoms with van der Waals surface area (Å²) < 4.78 is 0. The van der Waals surface area contributed by atoms with E-state index in [1.54, 1.807) is 0 Å². The maximum atomic E-state index is 9.21. The van der Waals surface area contributed by atoms with E-state index in [2.05, 4.69) is 22.2 Å². The van der Waals surface area contributed by atoms with E-state index in [0.717, 1.165) is 36.8 Å². The van der Waals surface area contributed by atoms with Gasteiger partial charge in [0.2, 0.25) is 0 Å². The van der Waals surface area contributed by atoms with Gasteiger partial charge in [0.1, 0.15) is 17.5 Å². The third-order valence-corrected chi connectivity index (χ3v) is 2.88. The van der Waals surface area contributed by atoms with Crippen LogP contribution in [0.1, 0.15) is 33.0 Å². The van der Waals surface area contributed by atoms with Crippen LogP contribution < -0.4 is 10.2 Å². The minimum absolute atomic E-state index is 0.0452. The van der Waals surface area contributed by atoms with Crippen LogP contribution in [0.2, 0.25) is 0 Å². The molecule has 0 fully saturated rings. The topological polar surface area (TPSA) is 61.3 Å². The lowest BCUT2D eigenvalue weighted by atomic mass is 10.3. The van der Waals surface area contributed by atoms with Crippen LogP contribution in [-0.4, -0.2) is 41.3 Å². The number of aromatic nitrogens is 2. The van der Waals surface area contributed by atoms with Gasteiger partial charge < -0.3 is 15.3 Å². The number of aliphatic hydroxyl groups is 1. The Morgan fingerprint density at radius 2 is 2.11 bits per heavy atom. The van der Waals surface area contributed by atoms with E-state index in [4.69, 9.17) is 0 Å². The zero-order valence-electron chi connectivity index (χ0n) is 11.8. The molecule has 0 radical (unpaired) electrons. The van der Waals surface area contributed by atoms with Crippen molar-refractivity contribution in [3.05, 3.63) is 11.9 Å². The van der Waals surface area contributed by atoms with E-state index in [1.807, 2.05) is 31.9 Å². The molecule has 0 aliphatic heterocycles. The highest BCUT2D eigenvalue weighted by atomic mass is 16.3. The molecule has 0 spiro atoms. The van der Waals surface area contributed by atoms with Gasteiger partial charge in [0.15, 0.2) is 0 Å². The maximum absolute atomic E-state index is 9.21. The van der Waals surface area contributed by atoms with E-state index >= 15 is 0 Å². The Hall–Kier alpha value is -1.36. The van der Waals surface area contributed by atoms with Gasteiger partial charge in [-0.25, -0.2) is 9.97 Å². The Bertz CT molecular complexity index is 346. The smallest absolute Gasteiger partial charge is 0.134 e. The van der Waals surface area contributed by atoms with Crippen LogP contribution >= 0.6 is 0 Å². The molecule has 0 aliphatic rings.